The molecular formula is C14H19N3S. The molecule has 2 rings (SSSR count). The van der Waals surface area contributed by atoms with E-state index in [-0.39, 0.29) is 0 Å². The van der Waals surface area contributed by atoms with Crippen LogP contribution in [0.4, 0.5) is 11.4 Å². The third-order valence-electron chi connectivity index (χ3n) is 3.78. The van der Waals surface area contributed by atoms with E-state index in [4.69, 9.17) is 11.0 Å². The van der Waals surface area contributed by atoms with E-state index < -0.39 is 0 Å². The summed E-state index contributed by atoms with van der Waals surface area (Å²) in [7, 11) is 0. The highest BCUT2D eigenvalue weighted by Crippen LogP contribution is 2.40. The fourth-order valence-electron chi connectivity index (χ4n) is 2.55. The van der Waals surface area contributed by atoms with Crippen LogP contribution >= 0.6 is 11.8 Å². The van der Waals surface area contributed by atoms with E-state index in [1.165, 1.54) is 25.7 Å². The first kappa shape index (κ1) is 13.1. The highest BCUT2D eigenvalue weighted by atomic mass is 32.2. The van der Waals surface area contributed by atoms with Crippen LogP contribution in [-0.4, -0.2) is 17.5 Å². The molecule has 3 N–H and O–H groups in total. The van der Waals surface area contributed by atoms with Crippen molar-refractivity contribution in [1.82, 2.24) is 0 Å². The minimum Gasteiger partial charge on any atom is -0.396 e. The molecule has 0 spiro atoms. The Kier molecular flexibility index (Phi) is 4.03. The number of nitrogens with one attached hydrogen (secondary N) is 1. The summed E-state index contributed by atoms with van der Waals surface area (Å²) in [5.41, 5.74) is 7.97. The quantitative estimate of drug-likeness (QED) is 0.817. The molecule has 0 radical (unpaired) electrons. The second-order valence-electron chi connectivity index (χ2n) is 4.83. The van der Waals surface area contributed by atoms with Crippen LogP contribution in [0.3, 0.4) is 0 Å². The first-order valence-corrected chi connectivity index (χ1v) is 7.51. The van der Waals surface area contributed by atoms with Gasteiger partial charge in [-0.25, -0.2) is 0 Å². The van der Waals surface area contributed by atoms with Crippen molar-refractivity contribution in [3.05, 3.63) is 23.8 Å². The summed E-state index contributed by atoms with van der Waals surface area (Å²) in [4.78, 5) is 0. The number of hydrogen-bond donors (Lipinski definition) is 2. The van der Waals surface area contributed by atoms with E-state index in [2.05, 4.69) is 17.6 Å². The van der Waals surface area contributed by atoms with Crippen LogP contribution in [0, 0.1) is 11.3 Å². The van der Waals surface area contributed by atoms with Gasteiger partial charge in [-0.05, 0) is 31.2 Å². The van der Waals surface area contributed by atoms with E-state index in [0.29, 0.717) is 16.0 Å². The molecule has 0 aliphatic heterocycles. The van der Waals surface area contributed by atoms with Crippen LogP contribution in [0.2, 0.25) is 0 Å². The third-order valence-corrected chi connectivity index (χ3v) is 5.19. The molecule has 4 heteroatoms. The zero-order chi connectivity index (χ0) is 13.0. The van der Waals surface area contributed by atoms with Crippen molar-refractivity contribution in [2.24, 2.45) is 0 Å². The number of thioether (sulfide) groups is 1. The smallest absolute Gasteiger partial charge is 0.101 e. The Balaban J connectivity index is 2.08. The number of rotatable bonds is 4. The lowest BCUT2D eigenvalue weighted by molar-refractivity contribution is 0.640. The Labute approximate surface area is 113 Å². The maximum Gasteiger partial charge on any atom is 0.101 e. The lowest BCUT2D eigenvalue weighted by atomic mass is 10.1. The minimum absolute atomic E-state index is 0.342. The van der Waals surface area contributed by atoms with Crippen molar-refractivity contribution in [3.63, 3.8) is 0 Å². The molecule has 0 atom stereocenters. The first-order valence-electron chi connectivity index (χ1n) is 6.28. The second kappa shape index (κ2) is 5.53. The van der Waals surface area contributed by atoms with Gasteiger partial charge in [0, 0.05) is 11.3 Å². The molecule has 1 fully saturated rings. The number of nitriles is 1. The number of para-hydroxylation sites is 1. The molecule has 0 aromatic heterocycles. The monoisotopic (exact) mass is 261 g/mol. The highest BCUT2D eigenvalue weighted by molar-refractivity contribution is 8.00. The SMILES string of the molecule is CSC1(CNc2cccc(C#N)c2N)CCCC1. The van der Waals surface area contributed by atoms with Crippen molar-refractivity contribution in [2.75, 3.05) is 23.9 Å². The predicted octanol–water partition coefficient (Wildman–Crippen LogP) is 3.23. The molecule has 1 aliphatic rings. The number of nitrogen functional groups attached to an aromatic ring is 1. The number of benzene rings is 1. The van der Waals surface area contributed by atoms with Gasteiger partial charge in [-0.15, -0.1) is 0 Å². The first-order chi connectivity index (χ1) is 8.71. The van der Waals surface area contributed by atoms with Gasteiger partial charge in [0.25, 0.3) is 0 Å². The molecule has 1 saturated carbocycles. The normalized spacial score (nSPS) is 17.3. The largest absolute Gasteiger partial charge is 0.396 e. The molecule has 0 unspecified atom stereocenters. The summed E-state index contributed by atoms with van der Waals surface area (Å²) in [5.74, 6) is 0. The van der Waals surface area contributed by atoms with Crippen LogP contribution in [0.1, 0.15) is 31.2 Å². The molecule has 0 saturated heterocycles. The van der Waals surface area contributed by atoms with Crippen molar-refractivity contribution >= 4 is 23.1 Å². The molecule has 3 nitrogen and oxygen atoms in total. The fourth-order valence-corrected chi connectivity index (χ4v) is 3.46. The number of nitrogens with zero attached hydrogens (tertiary/aromatic N) is 1. The van der Waals surface area contributed by atoms with E-state index in [1.807, 2.05) is 23.9 Å². The number of anilines is 2. The van der Waals surface area contributed by atoms with E-state index >= 15 is 0 Å². The van der Waals surface area contributed by atoms with Gasteiger partial charge >= 0.3 is 0 Å². The zero-order valence-corrected chi connectivity index (χ0v) is 11.5. The average molecular weight is 261 g/mol. The fraction of sp³-hybridized carbons (Fsp3) is 0.500. The maximum atomic E-state index is 8.96. The van der Waals surface area contributed by atoms with Gasteiger partial charge in [0.15, 0.2) is 0 Å². The summed E-state index contributed by atoms with van der Waals surface area (Å²) in [6.07, 6.45) is 7.34. The lowest BCUT2D eigenvalue weighted by Crippen LogP contribution is -2.30. The molecule has 0 amide bonds. The Hall–Kier alpha value is -1.34. The van der Waals surface area contributed by atoms with Crippen molar-refractivity contribution in [2.45, 2.75) is 30.4 Å². The van der Waals surface area contributed by atoms with E-state index in [0.717, 1.165) is 12.2 Å². The summed E-state index contributed by atoms with van der Waals surface area (Å²) >= 11 is 1.95. The molecule has 1 aliphatic carbocycles. The van der Waals surface area contributed by atoms with Crippen LogP contribution in [0.15, 0.2) is 18.2 Å². The molecule has 0 heterocycles. The van der Waals surface area contributed by atoms with Gasteiger partial charge in [0.05, 0.1) is 16.9 Å². The number of nitrogens with two attached hydrogens (primary N) is 1. The van der Waals surface area contributed by atoms with E-state index in [9.17, 15) is 0 Å². The standard InChI is InChI=1S/C14H19N3S/c1-18-14(7-2-3-8-14)10-17-12-6-4-5-11(9-15)13(12)16/h4-6,17H,2-3,7-8,10,16H2,1H3. The molecular weight excluding hydrogens is 242 g/mol. The van der Waals surface area contributed by atoms with Crippen molar-refractivity contribution in [3.8, 4) is 6.07 Å². The molecule has 1 aromatic carbocycles. The Morgan fingerprint density at radius 1 is 1.44 bits per heavy atom. The van der Waals surface area contributed by atoms with Crippen LogP contribution in [0.25, 0.3) is 0 Å². The van der Waals surface area contributed by atoms with Crippen LogP contribution in [-0.2, 0) is 0 Å². The molecule has 96 valence electrons. The van der Waals surface area contributed by atoms with Gasteiger partial charge < -0.3 is 11.1 Å². The minimum atomic E-state index is 0.342. The van der Waals surface area contributed by atoms with Gasteiger partial charge in [0.1, 0.15) is 6.07 Å². The van der Waals surface area contributed by atoms with Gasteiger partial charge in [0.2, 0.25) is 0 Å². The van der Waals surface area contributed by atoms with Gasteiger partial charge in [-0.1, -0.05) is 18.9 Å². The average Bonchev–Trinajstić information content (AvgIpc) is 2.87. The zero-order valence-electron chi connectivity index (χ0n) is 10.7. The summed E-state index contributed by atoms with van der Waals surface area (Å²) in [6.45, 7) is 0.924. The highest BCUT2D eigenvalue weighted by Gasteiger charge is 2.32. The van der Waals surface area contributed by atoms with Crippen molar-refractivity contribution in [1.29, 1.82) is 5.26 Å². The number of hydrogen-bond acceptors (Lipinski definition) is 4. The van der Waals surface area contributed by atoms with Crippen molar-refractivity contribution < 1.29 is 0 Å². The summed E-state index contributed by atoms with van der Waals surface area (Å²) in [5, 5.41) is 12.4. The second-order valence-corrected chi connectivity index (χ2v) is 6.10. The molecule has 0 bridgehead atoms. The Morgan fingerprint density at radius 2 is 2.17 bits per heavy atom. The molecule has 1 aromatic rings. The van der Waals surface area contributed by atoms with Crippen LogP contribution in [0.5, 0.6) is 0 Å². The van der Waals surface area contributed by atoms with Crippen LogP contribution < -0.4 is 11.1 Å². The third kappa shape index (κ3) is 2.56. The Morgan fingerprint density at radius 3 is 2.78 bits per heavy atom. The maximum absolute atomic E-state index is 8.96. The van der Waals surface area contributed by atoms with Gasteiger partial charge in [-0.2, -0.15) is 17.0 Å². The van der Waals surface area contributed by atoms with Gasteiger partial charge in [-0.3, -0.25) is 0 Å². The summed E-state index contributed by atoms with van der Waals surface area (Å²) < 4.78 is 0.342. The topological polar surface area (TPSA) is 61.8 Å². The lowest BCUT2D eigenvalue weighted by Gasteiger charge is -2.27. The molecule has 18 heavy (non-hydrogen) atoms. The summed E-state index contributed by atoms with van der Waals surface area (Å²) in [6, 6.07) is 7.68. The predicted molar refractivity (Wildman–Crippen MR) is 78.8 cm³/mol. The Bertz CT molecular complexity index is 459. The van der Waals surface area contributed by atoms with E-state index in [1.54, 1.807) is 6.07 Å².